The van der Waals surface area contributed by atoms with Gasteiger partial charge in [-0.1, -0.05) is 38.1 Å². The molecule has 0 N–H and O–H groups in total. The Kier molecular flexibility index (Phi) is 5.84. The van der Waals surface area contributed by atoms with Crippen LogP contribution in [0.4, 0.5) is 4.39 Å². The molecule has 1 unspecified atom stereocenters. The molecule has 0 aliphatic heterocycles. The summed E-state index contributed by atoms with van der Waals surface area (Å²) in [6.45, 7) is 4.32. The van der Waals surface area contributed by atoms with Crippen molar-refractivity contribution in [2.75, 3.05) is 0 Å². The molecule has 1 heteroatoms. The molecule has 1 aliphatic carbocycles. The predicted molar refractivity (Wildman–Crippen MR) is 67.9 cm³/mol. The summed E-state index contributed by atoms with van der Waals surface area (Å²) in [5.41, 5.74) is 1.18. The van der Waals surface area contributed by atoms with E-state index in [0.717, 1.165) is 12.3 Å². The maximum Gasteiger partial charge on any atom is 0.123 e. The predicted octanol–water partition coefficient (Wildman–Crippen LogP) is 4.75. The van der Waals surface area contributed by atoms with E-state index in [1.54, 1.807) is 12.1 Å². The smallest absolute Gasteiger partial charge is 0.123 e. The Balaban J connectivity index is 0.000000165. The molecule has 1 atom stereocenters. The fraction of sp³-hybridized carbons (Fsp3) is 0.467. The minimum absolute atomic E-state index is 0.160. The lowest BCUT2D eigenvalue weighted by Crippen LogP contribution is -1.92. The van der Waals surface area contributed by atoms with Crippen molar-refractivity contribution in [1.82, 2.24) is 0 Å². The van der Waals surface area contributed by atoms with Crippen LogP contribution in [0.3, 0.4) is 0 Å². The van der Waals surface area contributed by atoms with E-state index in [9.17, 15) is 4.39 Å². The van der Waals surface area contributed by atoms with Gasteiger partial charge in [-0.25, -0.2) is 4.39 Å². The average molecular weight is 220 g/mol. The molecule has 1 aliphatic rings. The van der Waals surface area contributed by atoms with E-state index in [0.29, 0.717) is 0 Å². The van der Waals surface area contributed by atoms with Crippen molar-refractivity contribution < 1.29 is 4.39 Å². The lowest BCUT2D eigenvalue weighted by molar-refractivity contribution is 0.584. The third-order valence-corrected chi connectivity index (χ3v) is 2.82. The first-order valence-electron chi connectivity index (χ1n) is 6.13. The van der Waals surface area contributed by atoms with Crippen molar-refractivity contribution >= 4 is 0 Å². The SMILES string of the molecule is CC1C=CCCC1.CCc1ccc(F)cc1. The van der Waals surface area contributed by atoms with Crippen LogP contribution >= 0.6 is 0 Å². The van der Waals surface area contributed by atoms with Crippen molar-refractivity contribution in [1.29, 1.82) is 0 Å². The molecule has 88 valence electrons. The number of aryl methyl sites for hydroxylation is 1. The van der Waals surface area contributed by atoms with Crippen LogP contribution in [0, 0.1) is 11.7 Å². The van der Waals surface area contributed by atoms with Crippen LogP contribution in [0.15, 0.2) is 36.4 Å². The highest BCUT2D eigenvalue weighted by atomic mass is 19.1. The first-order chi connectivity index (χ1) is 7.72. The molecular formula is C15H21F. The monoisotopic (exact) mass is 220 g/mol. The maximum absolute atomic E-state index is 12.2. The summed E-state index contributed by atoms with van der Waals surface area (Å²) >= 11 is 0. The minimum atomic E-state index is -0.160. The summed E-state index contributed by atoms with van der Waals surface area (Å²) < 4.78 is 12.2. The van der Waals surface area contributed by atoms with Crippen LogP contribution in [0.5, 0.6) is 0 Å². The van der Waals surface area contributed by atoms with Gasteiger partial charge in [0.15, 0.2) is 0 Å². The number of allylic oxidation sites excluding steroid dienone is 2. The molecule has 0 fully saturated rings. The molecule has 0 spiro atoms. The van der Waals surface area contributed by atoms with Gasteiger partial charge in [0.1, 0.15) is 5.82 Å². The second-order valence-electron chi connectivity index (χ2n) is 4.32. The van der Waals surface area contributed by atoms with Crippen molar-refractivity contribution in [3.63, 3.8) is 0 Å². The van der Waals surface area contributed by atoms with E-state index in [4.69, 9.17) is 0 Å². The molecule has 0 amide bonds. The Morgan fingerprint density at radius 1 is 1.25 bits per heavy atom. The van der Waals surface area contributed by atoms with Gasteiger partial charge in [-0.3, -0.25) is 0 Å². The van der Waals surface area contributed by atoms with Gasteiger partial charge >= 0.3 is 0 Å². The van der Waals surface area contributed by atoms with Crippen molar-refractivity contribution in [2.45, 2.75) is 39.5 Å². The number of hydrogen-bond acceptors (Lipinski definition) is 0. The zero-order chi connectivity index (χ0) is 11.8. The molecule has 1 aromatic carbocycles. The third-order valence-electron chi connectivity index (χ3n) is 2.82. The van der Waals surface area contributed by atoms with Crippen LogP contribution < -0.4 is 0 Å². The van der Waals surface area contributed by atoms with Gasteiger partial charge in [0.25, 0.3) is 0 Å². The highest BCUT2D eigenvalue weighted by Crippen LogP contribution is 2.14. The van der Waals surface area contributed by atoms with Gasteiger partial charge < -0.3 is 0 Å². The fourth-order valence-corrected chi connectivity index (χ4v) is 1.70. The molecule has 1 aromatic rings. The van der Waals surface area contributed by atoms with Crippen molar-refractivity contribution in [2.24, 2.45) is 5.92 Å². The topological polar surface area (TPSA) is 0 Å². The lowest BCUT2D eigenvalue weighted by atomic mass is 9.98. The van der Waals surface area contributed by atoms with Gasteiger partial charge in [0.05, 0.1) is 0 Å². The van der Waals surface area contributed by atoms with E-state index in [-0.39, 0.29) is 5.82 Å². The van der Waals surface area contributed by atoms with Gasteiger partial charge in [-0.05, 0) is 49.3 Å². The van der Waals surface area contributed by atoms with E-state index in [1.807, 2.05) is 6.92 Å². The first kappa shape index (κ1) is 13.0. The van der Waals surface area contributed by atoms with Crippen LogP contribution in [-0.2, 0) is 6.42 Å². The Morgan fingerprint density at radius 2 is 1.94 bits per heavy atom. The normalized spacial score (nSPS) is 18.8. The number of halogens is 1. The van der Waals surface area contributed by atoms with E-state index in [1.165, 1.54) is 37.0 Å². The highest BCUT2D eigenvalue weighted by molar-refractivity contribution is 5.15. The van der Waals surface area contributed by atoms with Gasteiger partial charge in [-0.2, -0.15) is 0 Å². The van der Waals surface area contributed by atoms with Gasteiger partial charge in [-0.15, -0.1) is 0 Å². The summed E-state index contributed by atoms with van der Waals surface area (Å²) in [4.78, 5) is 0. The zero-order valence-electron chi connectivity index (χ0n) is 10.2. The second-order valence-corrected chi connectivity index (χ2v) is 4.32. The zero-order valence-corrected chi connectivity index (χ0v) is 10.2. The minimum Gasteiger partial charge on any atom is -0.207 e. The van der Waals surface area contributed by atoms with E-state index >= 15 is 0 Å². The Labute approximate surface area is 98.2 Å². The number of benzene rings is 1. The van der Waals surface area contributed by atoms with Crippen LogP contribution in [0.2, 0.25) is 0 Å². The summed E-state index contributed by atoms with van der Waals surface area (Å²) in [5.74, 6) is 0.695. The quantitative estimate of drug-likeness (QED) is 0.599. The molecule has 0 saturated heterocycles. The Bertz CT molecular complexity index is 311. The van der Waals surface area contributed by atoms with Crippen LogP contribution in [0.1, 0.15) is 38.7 Å². The summed E-state index contributed by atoms with van der Waals surface area (Å²) in [6.07, 6.45) is 9.68. The number of rotatable bonds is 1. The number of hydrogen-bond donors (Lipinski definition) is 0. The Hall–Kier alpha value is -1.11. The molecule has 2 rings (SSSR count). The third kappa shape index (κ3) is 5.11. The fourth-order valence-electron chi connectivity index (χ4n) is 1.70. The molecule has 0 saturated carbocycles. The van der Waals surface area contributed by atoms with Crippen molar-refractivity contribution in [3.8, 4) is 0 Å². The maximum atomic E-state index is 12.2. The lowest BCUT2D eigenvalue weighted by Gasteiger charge is -2.08. The van der Waals surface area contributed by atoms with Gasteiger partial charge in [0.2, 0.25) is 0 Å². The Morgan fingerprint density at radius 3 is 2.31 bits per heavy atom. The van der Waals surface area contributed by atoms with E-state index < -0.39 is 0 Å². The average Bonchev–Trinajstić information content (AvgIpc) is 2.32. The van der Waals surface area contributed by atoms with Crippen LogP contribution in [0.25, 0.3) is 0 Å². The summed E-state index contributed by atoms with van der Waals surface area (Å²) in [5, 5.41) is 0. The van der Waals surface area contributed by atoms with Gasteiger partial charge in [0, 0.05) is 0 Å². The molecule has 0 bridgehead atoms. The first-order valence-corrected chi connectivity index (χ1v) is 6.13. The largest absolute Gasteiger partial charge is 0.207 e. The molecule has 0 radical (unpaired) electrons. The van der Waals surface area contributed by atoms with Crippen LogP contribution in [-0.4, -0.2) is 0 Å². The standard InChI is InChI=1S/C8H9F.C7H12/c1-2-7-3-5-8(9)6-4-7;1-7-5-3-2-4-6-7/h3-6H,2H2,1H3;3,5,7H,2,4,6H2,1H3. The van der Waals surface area contributed by atoms with Crippen molar-refractivity contribution in [3.05, 3.63) is 47.8 Å². The molecule has 0 nitrogen and oxygen atoms in total. The molecular weight excluding hydrogens is 199 g/mol. The second kappa shape index (κ2) is 7.21. The summed E-state index contributed by atoms with van der Waals surface area (Å²) in [7, 11) is 0. The molecule has 0 aromatic heterocycles. The summed E-state index contributed by atoms with van der Waals surface area (Å²) in [6, 6.07) is 6.57. The molecule has 16 heavy (non-hydrogen) atoms. The highest BCUT2D eigenvalue weighted by Gasteiger charge is 1.98. The molecule has 0 heterocycles. The van der Waals surface area contributed by atoms with E-state index in [2.05, 4.69) is 19.1 Å².